The summed E-state index contributed by atoms with van der Waals surface area (Å²) in [6.45, 7) is 4.18. The molecule has 1 unspecified atom stereocenters. The van der Waals surface area contributed by atoms with E-state index in [0.29, 0.717) is 4.99 Å². The number of nitrogens with one attached hydrogen (secondary N) is 1. The van der Waals surface area contributed by atoms with Gasteiger partial charge in [-0.3, -0.25) is 0 Å². The lowest BCUT2D eigenvalue weighted by atomic mass is 10.1. The van der Waals surface area contributed by atoms with Crippen LogP contribution in [-0.2, 0) is 0 Å². The third-order valence-corrected chi connectivity index (χ3v) is 3.22. The summed E-state index contributed by atoms with van der Waals surface area (Å²) in [7, 11) is 0. The second kappa shape index (κ2) is 5.80. The Morgan fingerprint density at radius 1 is 1.26 bits per heavy atom. The lowest BCUT2D eigenvalue weighted by molar-refractivity contribution is 0.874. The van der Waals surface area contributed by atoms with Crippen LogP contribution in [0.15, 0.2) is 42.6 Å². The smallest absolute Gasteiger partial charge is 0.127 e. The maximum Gasteiger partial charge on any atom is 0.127 e. The second-order valence-corrected chi connectivity index (χ2v) is 5.01. The number of hydrogen-bond acceptors (Lipinski definition) is 3. The molecular weight excluding hydrogens is 254 g/mol. The van der Waals surface area contributed by atoms with Crippen molar-refractivity contribution in [3.63, 3.8) is 0 Å². The first-order valence-corrected chi connectivity index (χ1v) is 6.56. The Labute approximate surface area is 118 Å². The van der Waals surface area contributed by atoms with Gasteiger partial charge in [0.15, 0.2) is 0 Å². The maximum atomic E-state index is 5.62. The monoisotopic (exact) mass is 271 g/mol. The molecule has 0 fully saturated rings. The first kappa shape index (κ1) is 13.5. The summed E-state index contributed by atoms with van der Waals surface area (Å²) in [5.74, 6) is 0.776. The first-order chi connectivity index (χ1) is 9.06. The van der Waals surface area contributed by atoms with E-state index in [1.54, 1.807) is 6.20 Å². The van der Waals surface area contributed by atoms with Crippen molar-refractivity contribution in [2.45, 2.75) is 19.9 Å². The molecule has 4 heteroatoms. The zero-order chi connectivity index (χ0) is 13.8. The van der Waals surface area contributed by atoms with Gasteiger partial charge in [-0.05, 0) is 31.5 Å². The molecule has 1 atom stereocenters. The summed E-state index contributed by atoms with van der Waals surface area (Å²) >= 11 is 4.97. The average molecular weight is 271 g/mol. The minimum absolute atomic E-state index is 0.176. The van der Waals surface area contributed by atoms with E-state index < -0.39 is 0 Å². The van der Waals surface area contributed by atoms with Gasteiger partial charge in [-0.1, -0.05) is 42.0 Å². The van der Waals surface area contributed by atoms with E-state index in [9.17, 15) is 0 Å². The van der Waals surface area contributed by atoms with E-state index in [-0.39, 0.29) is 6.04 Å². The van der Waals surface area contributed by atoms with E-state index in [1.807, 2.05) is 12.1 Å². The topological polar surface area (TPSA) is 50.9 Å². The van der Waals surface area contributed by atoms with Crippen LogP contribution in [0.5, 0.6) is 0 Å². The molecule has 1 aromatic carbocycles. The number of thiocarbonyl (C=S) groups is 1. The van der Waals surface area contributed by atoms with Crippen molar-refractivity contribution in [2.24, 2.45) is 5.73 Å². The molecule has 1 aromatic heterocycles. The lowest BCUT2D eigenvalue weighted by Crippen LogP contribution is -2.12. The Hall–Kier alpha value is -1.94. The molecule has 2 rings (SSSR count). The molecule has 19 heavy (non-hydrogen) atoms. The molecule has 3 nitrogen and oxygen atoms in total. The fraction of sp³-hybridized carbons (Fsp3) is 0.200. The highest BCUT2D eigenvalue weighted by molar-refractivity contribution is 7.80. The van der Waals surface area contributed by atoms with Crippen molar-refractivity contribution >= 4 is 23.0 Å². The van der Waals surface area contributed by atoms with E-state index in [2.05, 4.69) is 48.4 Å². The number of aromatic nitrogens is 1. The van der Waals surface area contributed by atoms with Crippen molar-refractivity contribution in [2.75, 3.05) is 5.32 Å². The summed E-state index contributed by atoms with van der Waals surface area (Å²) in [5.41, 5.74) is 8.91. The molecule has 3 N–H and O–H groups in total. The molecule has 0 saturated heterocycles. The molecule has 1 heterocycles. The van der Waals surface area contributed by atoms with E-state index in [4.69, 9.17) is 18.0 Å². The minimum atomic E-state index is 0.176. The largest absolute Gasteiger partial charge is 0.389 e. The number of pyridine rings is 1. The molecule has 2 aromatic rings. The summed E-state index contributed by atoms with van der Waals surface area (Å²) < 4.78 is 0. The highest BCUT2D eigenvalue weighted by Gasteiger charge is 2.06. The van der Waals surface area contributed by atoms with Crippen LogP contribution < -0.4 is 11.1 Å². The fourth-order valence-corrected chi connectivity index (χ4v) is 1.95. The second-order valence-electron chi connectivity index (χ2n) is 4.57. The lowest BCUT2D eigenvalue weighted by Gasteiger charge is -2.15. The zero-order valence-electron chi connectivity index (χ0n) is 11.1. The van der Waals surface area contributed by atoms with Crippen molar-refractivity contribution in [3.8, 4) is 0 Å². The van der Waals surface area contributed by atoms with Crippen LogP contribution in [0.3, 0.4) is 0 Å². The Balaban J connectivity index is 2.14. The van der Waals surface area contributed by atoms with Gasteiger partial charge in [0.1, 0.15) is 10.8 Å². The minimum Gasteiger partial charge on any atom is -0.389 e. The van der Waals surface area contributed by atoms with Crippen LogP contribution >= 0.6 is 12.2 Å². The predicted molar refractivity (Wildman–Crippen MR) is 83.3 cm³/mol. The fourth-order valence-electron chi connectivity index (χ4n) is 1.82. The van der Waals surface area contributed by atoms with Crippen LogP contribution in [0.2, 0.25) is 0 Å². The standard InChI is InChI=1S/C15H17N3S/c1-10-3-5-12(6-4-10)11(2)18-14-9-13(15(16)19)7-8-17-14/h3-9,11H,1-2H3,(H2,16,19)(H,17,18). The van der Waals surface area contributed by atoms with E-state index in [0.717, 1.165) is 11.4 Å². The molecular formula is C15H17N3S. The third kappa shape index (κ3) is 3.51. The van der Waals surface area contributed by atoms with Gasteiger partial charge in [0, 0.05) is 17.8 Å². The number of benzene rings is 1. The van der Waals surface area contributed by atoms with Crippen LogP contribution in [0, 0.1) is 6.92 Å². The van der Waals surface area contributed by atoms with Gasteiger partial charge in [-0.15, -0.1) is 0 Å². The molecule has 98 valence electrons. The number of nitrogens with zero attached hydrogens (tertiary/aromatic N) is 1. The summed E-state index contributed by atoms with van der Waals surface area (Å²) in [6, 6.07) is 12.3. The van der Waals surface area contributed by atoms with Gasteiger partial charge < -0.3 is 11.1 Å². The van der Waals surface area contributed by atoms with Gasteiger partial charge in [0.2, 0.25) is 0 Å². The average Bonchev–Trinajstić information content (AvgIpc) is 2.39. The quantitative estimate of drug-likeness (QED) is 0.838. The van der Waals surface area contributed by atoms with E-state index in [1.165, 1.54) is 11.1 Å². The number of rotatable bonds is 4. The van der Waals surface area contributed by atoms with Gasteiger partial charge in [0.25, 0.3) is 0 Å². The van der Waals surface area contributed by atoms with Crippen LogP contribution in [0.25, 0.3) is 0 Å². The molecule has 0 spiro atoms. The number of anilines is 1. The number of aryl methyl sites for hydroxylation is 1. The maximum absolute atomic E-state index is 5.62. The summed E-state index contributed by atoms with van der Waals surface area (Å²) in [4.78, 5) is 4.66. The highest BCUT2D eigenvalue weighted by atomic mass is 32.1. The Morgan fingerprint density at radius 2 is 1.95 bits per heavy atom. The molecule has 0 aliphatic heterocycles. The van der Waals surface area contributed by atoms with Crippen LogP contribution in [0.4, 0.5) is 5.82 Å². The van der Waals surface area contributed by atoms with Crippen molar-refractivity contribution < 1.29 is 0 Å². The molecule has 0 bridgehead atoms. The molecule has 0 aliphatic rings. The van der Waals surface area contributed by atoms with Crippen molar-refractivity contribution in [3.05, 3.63) is 59.3 Å². The predicted octanol–water partition coefficient (Wildman–Crippen LogP) is 3.20. The molecule has 0 aliphatic carbocycles. The Kier molecular flexibility index (Phi) is 4.12. The van der Waals surface area contributed by atoms with Gasteiger partial charge in [-0.25, -0.2) is 4.98 Å². The van der Waals surface area contributed by atoms with Gasteiger partial charge >= 0.3 is 0 Å². The van der Waals surface area contributed by atoms with Gasteiger partial charge in [0.05, 0.1) is 0 Å². The zero-order valence-corrected chi connectivity index (χ0v) is 11.9. The van der Waals surface area contributed by atoms with Crippen LogP contribution in [0.1, 0.15) is 29.7 Å². The Morgan fingerprint density at radius 3 is 2.58 bits per heavy atom. The van der Waals surface area contributed by atoms with E-state index >= 15 is 0 Å². The molecule has 0 radical (unpaired) electrons. The van der Waals surface area contributed by atoms with Crippen LogP contribution in [-0.4, -0.2) is 9.97 Å². The normalized spacial score (nSPS) is 11.9. The molecule has 0 amide bonds. The SMILES string of the molecule is Cc1ccc(C(C)Nc2cc(C(N)=S)ccn2)cc1. The number of nitrogens with two attached hydrogens (primary N) is 1. The third-order valence-electron chi connectivity index (χ3n) is 2.99. The summed E-state index contributed by atoms with van der Waals surface area (Å²) in [5, 5.41) is 3.35. The highest BCUT2D eigenvalue weighted by Crippen LogP contribution is 2.18. The number of hydrogen-bond donors (Lipinski definition) is 2. The Bertz CT molecular complexity index is 578. The van der Waals surface area contributed by atoms with Gasteiger partial charge in [-0.2, -0.15) is 0 Å². The molecule has 0 saturated carbocycles. The summed E-state index contributed by atoms with van der Waals surface area (Å²) in [6.07, 6.45) is 1.71. The van der Waals surface area contributed by atoms with Crippen molar-refractivity contribution in [1.29, 1.82) is 0 Å². The first-order valence-electron chi connectivity index (χ1n) is 6.15. The van der Waals surface area contributed by atoms with Crippen molar-refractivity contribution in [1.82, 2.24) is 4.98 Å².